The van der Waals surface area contributed by atoms with Gasteiger partial charge in [-0.15, -0.1) is 0 Å². The molecule has 15 heavy (non-hydrogen) atoms. The Bertz CT molecular complexity index is 257. The molecule has 88 valence electrons. The van der Waals surface area contributed by atoms with E-state index in [9.17, 15) is 4.79 Å². The van der Waals surface area contributed by atoms with Crippen molar-refractivity contribution in [3.63, 3.8) is 0 Å². The predicted molar refractivity (Wildman–Crippen MR) is 60.7 cm³/mol. The molecular formula is C12H23NO2. The van der Waals surface area contributed by atoms with Crippen LogP contribution in [0.3, 0.4) is 0 Å². The molecule has 1 aliphatic carbocycles. The van der Waals surface area contributed by atoms with Crippen LogP contribution in [0.5, 0.6) is 0 Å². The van der Waals surface area contributed by atoms with Crippen molar-refractivity contribution in [3.05, 3.63) is 0 Å². The molecular weight excluding hydrogens is 190 g/mol. The summed E-state index contributed by atoms with van der Waals surface area (Å²) in [5, 5.41) is 12.0. The molecule has 1 unspecified atom stereocenters. The van der Waals surface area contributed by atoms with Crippen LogP contribution in [0, 0.1) is 16.7 Å². The van der Waals surface area contributed by atoms with Gasteiger partial charge in [-0.3, -0.25) is 4.79 Å². The summed E-state index contributed by atoms with van der Waals surface area (Å²) in [6.45, 7) is 12.8. The number of aliphatic carboxylic acids is 1. The number of carboxylic acids is 1. The zero-order valence-corrected chi connectivity index (χ0v) is 10.6. The average molecular weight is 213 g/mol. The molecule has 1 rings (SSSR count). The molecule has 0 aromatic rings. The van der Waals surface area contributed by atoms with E-state index in [0.29, 0.717) is 16.7 Å². The Morgan fingerprint density at radius 1 is 1.20 bits per heavy atom. The van der Waals surface area contributed by atoms with Crippen LogP contribution in [0.1, 0.15) is 41.5 Å². The Balaban J connectivity index is 2.58. The second-order valence-electron chi connectivity index (χ2n) is 5.94. The van der Waals surface area contributed by atoms with Crippen molar-refractivity contribution in [2.45, 2.75) is 53.6 Å². The van der Waals surface area contributed by atoms with Crippen molar-refractivity contribution in [1.82, 2.24) is 5.32 Å². The van der Waals surface area contributed by atoms with Gasteiger partial charge in [0.1, 0.15) is 6.04 Å². The highest BCUT2D eigenvalue weighted by Gasteiger charge is 2.66. The van der Waals surface area contributed by atoms with Gasteiger partial charge in [-0.2, -0.15) is 0 Å². The third-order valence-corrected chi connectivity index (χ3v) is 4.52. The number of nitrogens with one attached hydrogen (secondary N) is 1. The van der Waals surface area contributed by atoms with Gasteiger partial charge in [0.2, 0.25) is 0 Å². The van der Waals surface area contributed by atoms with Gasteiger partial charge in [0, 0.05) is 6.04 Å². The van der Waals surface area contributed by atoms with Gasteiger partial charge in [-0.1, -0.05) is 27.7 Å². The van der Waals surface area contributed by atoms with Crippen LogP contribution in [0.15, 0.2) is 0 Å². The Morgan fingerprint density at radius 2 is 1.60 bits per heavy atom. The van der Waals surface area contributed by atoms with Crippen molar-refractivity contribution >= 4 is 5.97 Å². The lowest BCUT2D eigenvalue weighted by Crippen LogP contribution is -2.42. The van der Waals surface area contributed by atoms with Gasteiger partial charge in [-0.25, -0.2) is 0 Å². The zero-order valence-electron chi connectivity index (χ0n) is 10.6. The molecule has 0 radical (unpaired) electrons. The van der Waals surface area contributed by atoms with Crippen molar-refractivity contribution in [2.75, 3.05) is 0 Å². The largest absolute Gasteiger partial charge is 0.480 e. The predicted octanol–water partition coefficient (Wildman–Crippen LogP) is 2.12. The molecule has 3 nitrogen and oxygen atoms in total. The SMILES string of the molecule is CC(N[C@@H](C)C(=O)O)C1C(C)(C)C1(C)C. The molecule has 0 saturated heterocycles. The van der Waals surface area contributed by atoms with E-state index in [4.69, 9.17) is 5.11 Å². The highest BCUT2D eigenvalue weighted by atomic mass is 16.4. The summed E-state index contributed by atoms with van der Waals surface area (Å²) in [5.74, 6) is -0.232. The molecule has 2 atom stereocenters. The second-order valence-corrected chi connectivity index (χ2v) is 5.94. The zero-order chi connectivity index (χ0) is 12.0. The second kappa shape index (κ2) is 3.48. The molecule has 0 aliphatic heterocycles. The van der Waals surface area contributed by atoms with Gasteiger partial charge in [0.05, 0.1) is 0 Å². The summed E-state index contributed by atoms with van der Waals surface area (Å²) in [7, 11) is 0. The first-order chi connectivity index (χ1) is 6.62. The molecule has 0 aromatic heterocycles. The first-order valence-corrected chi connectivity index (χ1v) is 5.61. The highest BCUT2D eigenvalue weighted by Crippen LogP contribution is 2.69. The van der Waals surface area contributed by atoms with Crippen LogP contribution in [-0.4, -0.2) is 23.2 Å². The standard InChI is InChI=1S/C12H23NO2/c1-7(13-8(2)10(14)15)9-11(3,4)12(9,5)6/h7-9,13H,1-6H3,(H,14,15)/t7?,8-/m0/s1. The van der Waals surface area contributed by atoms with Crippen LogP contribution in [0.2, 0.25) is 0 Å². The maximum Gasteiger partial charge on any atom is 0.320 e. The summed E-state index contributed by atoms with van der Waals surface area (Å²) in [4.78, 5) is 10.7. The minimum absolute atomic E-state index is 0.251. The van der Waals surface area contributed by atoms with Gasteiger partial charge in [0.15, 0.2) is 0 Å². The Labute approximate surface area is 92.3 Å². The molecule has 0 bridgehead atoms. The fraction of sp³-hybridized carbons (Fsp3) is 0.917. The summed E-state index contributed by atoms with van der Waals surface area (Å²) in [5.41, 5.74) is 0.606. The van der Waals surface area contributed by atoms with E-state index >= 15 is 0 Å². The number of carboxylic acid groups (broad SMARTS) is 1. The normalized spacial score (nSPS) is 27.1. The quantitative estimate of drug-likeness (QED) is 0.752. The van der Waals surface area contributed by atoms with Crippen LogP contribution < -0.4 is 5.32 Å². The molecule has 1 fully saturated rings. The van der Waals surface area contributed by atoms with E-state index < -0.39 is 12.0 Å². The van der Waals surface area contributed by atoms with Crippen molar-refractivity contribution in [3.8, 4) is 0 Å². The molecule has 0 heterocycles. The Kier molecular flexibility index (Phi) is 2.90. The highest BCUT2D eigenvalue weighted by molar-refractivity contribution is 5.72. The summed E-state index contributed by atoms with van der Waals surface area (Å²) < 4.78 is 0. The maximum absolute atomic E-state index is 10.7. The van der Waals surface area contributed by atoms with Gasteiger partial charge < -0.3 is 10.4 Å². The van der Waals surface area contributed by atoms with Crippen LogP contribution in [0.25, 0.3) is 0 Å². The first kappa shape index (κ1) is 12.5. The Hall–Kier alpha value is -0.570. The smallest absolute Gasteiger partial charge is 0.320 e. The lowest BCUT2D eigenvalue weighted by molar-refractivity contribution is -0.139. The van der Waals surface area contributed by atoms with E-state index in [1.807, 2.05) is 0 Å². The van der Waals surface area contributed by atoms with Crippen LogP contribution in [-0.2, 0) is 4.79 Å². The lowest BCUT2D eigenvalue weighted by atomic mass is 10.0. The van der Waals surface area contributed by atoms with E-state index in [-0.39, 0.29) is 6.04 Å². The first-order valence-electron chi connectivity index (χ1n) is 5.61. The van der Waals surface area contributed by atoms with E-state index in [0.717, 1.165) is 0 Å². The average Bonchev–Trinajstić information content (AvgIpc) is 2.41. The van der Waals surface area contributed by atoms with Gasteiger partial charge >= 0.3 is 5.97 Å². The van der Waals surface area contributed by atoms with Crippen molar-refractivity contribution in [1.29, 1.82) is 0 Å². The van der Waals surface area contributed by atoms with Crippen molar-refractivity contribution < 1.29 is 9.90 Å². The molecule has 0 spiro atoms. The van der Waals surface area contributed by atoms with E-state index in [2.05, 4.69) is 39.9 Å². The molecule has 1 aliphatic rings. The third-order valence-electron chi connectivity index (χ3n) is 4.52. The summed E-state index contributed by atoms with van der Waals surface area (Å²) in [6, 6.07) is -0.215. The molecule has 3 heteroatoms. The number of carbonyl (C=O) groups is 1. The van der Waals surface area contributed by atoms with E-state index in [1.165, 1.54) is 0 Å². The number of rotatable bonds is 4. The van der Waals surface area contributed by atoms with Gasteiger partial charge in [-0.05, 0) is 30.6 Å². The molecule has 2 N–H and O–H groups in total. The van der Waals surface area contributed by atoms with Crippen LogP contribution >= 0.6 is 0 Å². The molecule has 1 saturated carbocycles. The number of hydrogen-bond acceptors (Lipinski definition) is 2. The summed E-state index contributed by atoms with van der Waals surface area (Å²) >= 11 is 0. The minimum atomic E-state index is -0.780. The monoisotopic (exact) mass is 213 g/mol. The summed E-state index contributed by atoms with van der Waals surface area (Å²) in [6.07, 6.45) is 0. The molecule has 0 aromatic carbocycles. The van der Waals surface area contributed by atoms with Gasteiger partial charge in [0.25, 0.3) is 0 Å². The Morgan fingerprint density at radius 3 is 1.87 bits per heavy atom. The fourth-order valence-electron chi connectivity index (χ4n) is 3.06. The minimum Gasteiger partial charge on any atom is -0.480 e. The number of hydrogen-bond donors (Lipinski definition) is 2. The van der Waals surface area contributed by atoms with E-state index in [1.54, 1.807) is 6.92 Å². The van der Waals surface area contributed by atoms with Crippen molar-refractivity contribution in [2.24, 2.45) is 16.7 Å². The lowest BCUT2D eigenvalue weighted by Gasteiger charge is -2.18. The molecule has 0 amide bonds. The third kappa shape index (κ3) is 1.89. The van der Waals surface area contributed by atoms with Crippen LogP contribution in [0.4, 0.5) is 0 Å². The topological polar surface area (TPSA) is 49.3 Å². The maximum atomic E-state index is 10.7. The fourth-order valence-corrected chi connectivity index (χ4v) is 3.06.